The third-order valence-corrected chi connectivity index (χ3v) is 3.33. The predicted molar refractivity (Wildman–Crippen MR) is 79.9 cm³/mol. The molecule has 4 nitrogen and oxygen atoms in total. The zero-order valence-electron chi connectivity index (χ0n) is 12.4. The fraction of sp³-hybridized carbons (Fsp3) is 0.375. The van der Waals surface area contributed by atoms with Gasteiger partial charge in [-0.1, -0.05) is 18.6 Å². The van der Waals surface area contributed by atoms with Gasteiger partial charge in [-0.3, -0.25) is 9.59 Å². The lowest BCUT2D eigenvalue weighted by Crippen LogP contribution is -2.39. The molecule has 1 heterocycles. The van der Waals surface area contributed by atoms with E-state index in [0.717, 1.165) is 11.3 Å². The van der Waals surface area contributed by atoms with E-state index in [9.17, 15) is 9.59 Å². The second kappa shape index (κ2) is 5.49. The molecule has 0 saturated heterocycles. The van der Waals surface area contributed by atoms with Crippen LogP contribution in [0.25, 0.3) is 0 Å². The molecule has 0 saturated carbocycles. The molecular weight excluding hydrogens is 252 g/mol. The van der Waals surface area contributed by atoms with Gasteiger partial charge in [0.1, 0.15) is 0 Å². The number of carbonyl (C=O) groups is 2. The summed E-state index contributed by atoms with van der Waals surface area (Å²) >= 11 is 0. The quantitative estimate of drug-likeness (QED) is 0.776. The maximum Gasteiger partial charge on any atom is 0.227 e. The van der Waals surface area contributed by atoms with Crippen molar-refractivity contribution in [2.75, 3.05) is 25.5 Å². The summed E-state index contributed by atoms with van der Waals surface area (Å²) in [5.41, 5.74) is 3.01. The Morgan fingerprint density at radius 3 is 2.70 bits per heavy atom. The van der Waals surface area contributed by atoms with Gasteiger partial charge in [-0.15, -0.1) is 0 Å². The maximum absolute atomic E-state index is 12.5. The minimum Gasteiger partial charge on any atom is -0.383 e. The smallest absolute Gasteiger partial charge is 0.227 e. The van der Waals surface area contributed by atoms with E-state index >= 15 is 0 Å². The number of amides is 1. The van der Waals surface area contributed by atoms with Gasteiger partial charge in [0.15, 0.2) is 5.78 Å². The number of nitrogens with zero attached hydrogens (tertiary/aromatic N) is 2. The Bertz CT molecular complexity index is 588. The number of rotatable bonds is 2. The number of anilines is 1. The van der Waals surface area contributed by atoms with Gasteiger partial charge in [0, 0.05) is 37.9 Å². The molecule has 4 heteroatoms. The van der Waals surface area contributed by atoms with Gasteiger partial charge in [0.05, 0.1) is 12.2 Å². The number of ketones is 1. The summed E-state index contributed by atoms with van der Waals surface area (Å²) in [5.74, 6) is 0.0461. The van der Waals surface area contributed by atoms with Crippen LogP contribution in [0.3, 0.4) is 0 Å². The molecule has 0 spiro atoms. The van der Waals surface area contributed by atoms with Crippen LogP contribution in [0, 0.1) is 6.92 Å². The summed E-state index contributed by atoms with van der Waals surface area (Å²) in [5, 5.41) is 0. The van der Waals surface area contributed by atoms with Crippen LogP contribution < -0.4 is 4.90 Å². The van der Waals surface area contributed by atoms with Crippen LogP contribution in [0.15, 0.2) is 30.0 Å². The Morgan fingerprint density at radius 1 is 1.40 bits per heavy atom. The molecular formula is C16H20N2O2. The van der Waals surface area contributed by atoms with E-state index in [2.05, 4.69) is 0 Å². The van der Waals surface area contributed by atoms with Crippen LogP contribution in [0.1, 0.15) is 29.3 Å². The van der Waals surface area contributed by atoms with Crippen molar-refractivity contribution in [2.45, 2.75) is 20.3 Å². The van der Waals surface area contributed by atoms with Crippen molar-refractivity contribution in [2.24, 2.45) is 0 Å². The highest BCUT2D eigenvalue weighted by molar-refractivity contribution is 6.17. The first-order valence-corrected chi connectivity index (χ1v) is 6.77. The van der Waals surface area contributed by atoms with E-state index in [1.165, 1.54) is 0 Å². The Hall–Kier alpha value is -2.10. The number of aryl methyl sites for hydroxylation is 1. The van der Waals surface area contributed by atoms with Crippen LogP contribution in [-0.2, 0) is 4.79 Å². The van der Waals surface area contributed by atoms with Gasteiger partial charge in [-0.05, 0) is 19.1 Å². The molecule has 0 unspecified atom stereocenters. The lowest BCUT2D eigenvalue weighted by atomic mass is 9.94. The Kier molecular flexibility index (Phi) is 3.93. The Morgan fingerprint density at radius 2 is 2.10 bits per heavy atom. The van der Waals surface area contributed by atoms with Gasteiger partial charge in [0.25, 0.3) is 0 Å². The zero-order chi connectivity index (χ0) is 14.9. The highest BCUT2D eigenvalue weighted by Gasteiger charge is 2.30. The summed E-state index contributed by atoms with van der Waals surface area (Å²) in [6.07, 6.45) is 2.22. The molecule has 0 fully saturated rings. The fourth-order valence-electron chi connectivity index (χ4n) is 2.39. The third-order valence-electron chi connectivity index (χ3n) is 3.33. The first-order chi connectivity index (χ1) is 9.43. The summed E-state index contributed by atoms with van der Waals surface area (Å²) in [4.78, 5) is 28.2. The second-order valence-corrected chi connectivity index (χ2v) is 5.30. The molecule has 0 radical (unpaired) electrons. The second-order valence-electron chi connectivity index (χ2n) is 5.30. The van der Waals surface area contributed by atoms with Crippen molar-refractivity contribution in [3.05, 3.63) is 41.1 Å². The van der Waals surface area contributed by atoms with E-state index in [0.29, 0.717) is 24.1 Å². The van der Waals surface area contributed by atoms with E-state index in [-0.39, 0.29) is 11.7 Å². The first kappa shape index (κ1) is 14.3. The fourth-order valence-corrected chi connectivity index (χ4v) is 2.39. The van der Waals surface area contributed by atoms with E-state index in [4.69, 9.17) is 0 Å². The Balaban J connectivity index is 2.56. The van der Waals surface area contributed by atoms with Gasteiger partial charge in [-0.25, -0.2) is 0 Å². The average Bonchev–Trinajstić information content (AvgIpc) is 2.41. The molecule has 0 bridgehead atoms. The highest BCUT2D eigenvalue weighted by Crippen LogP contribution is 2.30. The SMILES string of the molecule is CCC(=O)N1C/C(=C/N(C)C)C(=O)c2cc(C)ccc21. The molecule has 106 valence electrons. The standard InChI is InChI=1S/C16H20N2O2/c1-5-15(19)18-10-12(9-17(3)4)16(20)13-8-11(2)6-7-14(13)18/h6-9H,5,10H2,1-4H3/b12-9-. The van der Waals surface area contributed by atoms with Crippen LogP contribution >= 0.6 is 0 Å². The van der Waals surface area contributed by atoms with Gasteiger partial charge in [-0.2, -0.15) is 0 Å². The summed E-state index contributed by atoms with van der Waals surface area (Å²) in [6.45, 7) is 4.13. The predicted octanol–water partition coefficient (Wildman–Crippen LogP) is 2.38. The third kappa shape index (κ3) is 2.59. The van der Waals surface area contributed by atoms with Crippen molar-refractivity contribution in [3.8, 4) is 0 Å². The number of hydrogen-bond donors (Lipinski definition) is 0. The summed E-state index contributed by atoms with van der Waals surface area (Å²) < 4.78 is 0. The lowest BCUT2D eigenvalue weighted by Gasteiger charge is -2.30. The van der Waals surface area contributed by atoms with Crippen LogP contribution in [0.2, 0.25) is 0 Å². The number of fused-ring (bicyclic) bond motifs is 1. The van der Waals surface area contributed by atoms with Gasteiger partial charge >= 0.3 is 0 Å². The van der Waals surface area contributed by atoms with Crippen molar-refractivity contribution in [1.29, 1.82) is 0 Å². The molecule has 1 aromatic carbocycles. The van der Waals surface area contributed by atoms with Crippen molar-refractivity contribution >= 4 is 17.4 Å². The average molecular weight is 272 g/mol. The zero-order valence-corrected chi connectivity index (χ0v) is 12.4. The van der Waals surface area contributed by atoms with Gasteiger partial charge < -0.3 is 9.80 Å². The summed E-state index contributed by atoms with van der Waals surface area (Å²) in [6, 6.07) is 5.65. The van der Waals surface area contributed by atoms with Crippen LogP contribution in [-0.4, -0.2) is 37.2 Å². The molecule has 1 aromatic rings. The summed E-state index contributed by atoms with van der Waals surface area (Å²) in [7, 11) is 3.75. The van der Waals surface area contributed by atoms with E-state index in [1.807, 2.05) is 51.0 Å². The largest absolute Gasteiger partial charge is 0.383 e. The Labute approximate surface area is 119 Å². The lowest BCUT2D eigenvalue weighted by molar-refractivity contribution is -0.118. The molecule has 1 amide bonds. The monoisotopic (exact) mass is 272 g/mol. The molecule has 0 N–H and O–H groups in total. The normalized spacial score (nSPS) is 16.3. The highest BCUT2D eigenvalue weighted by atomic mass is 16.2. The molecule has 0 aromatic heterocycles. The topological polar surface area (TPSA) is 40.6 Å². The molecule has 2 rings (SSSR count). The molecule has 20 heavy (non-hydrogen) atoms. The van der Waals surface area contributed by atoms with Crippen molar-refractivity contribution in [1.82, 2.24) is 4.90 Å². The maximum atomic E-state index is 12.5. The van der Waals surface area contributed by atoms with Crippen molar-refractivity contribution < 1.29 is 9.59 Å². The first-order valence-electron chi connectivity index (χ1n) is 6.77. The molecule has 0 atom stereocenters. The van der Waals surface area contributed by atoms with Gasteiger partial charge in [0.2, 0.25) is 5.91 Å². The number of benzene rings is 1. The van der Waals surface area contributed by atoms with Crippen LogP contribution in [0.5, 0.6) is 0 Å². The number of carbonyl (C=O) groups excluding carboxylic acids is 2. The van der Waals surface area contributed by atoms with Crippen LogP contribution in [0.4, 0.5) is 5.69 Å². The minimum absolute atomic E-state index is 0.0116. The minimum atomic E-state index is 0.0116. The number of hydrogen-bond acceptors (Lipinski definition) is 3. The molecule has 1 aliphatic rings. The number of Topliss-reactive ketones (excluding diaryl/α,β-unsaturated/α-hetero) is 1. The van der Waals surface area contributed by atoms with E-state index < -0.39 is 0 Å². The van der Waals surface area contributed by atoms with E-state index in [1.54, 1.807) is 11.1 Å². The molecule has 1 aliphatic heterocycles. The molecule has 0 aliphatic carbocycles. The van der Waals surface area contributed by atoms with Crippen molar-refractivity contribution in [3.63, 3.8) is 0 Å².